The topological polar surface area (TPSA) is 43.0 Å². The number of halogens is 1. The molecule has 1 aromatic carbocycles. The SMILES string of the molecule is CCCOc1c(Br)cc(CNCCN2CCOCC2)cc1OCC. The van der Waals surface area contributed by atoms with Crippen molar-refractivity contribution in [2.75, 3.05) is 52.6 Å². The molecule has 24 heavy (non-hydrogen) atoms. The van der Waals surface area contributed by atoms with Crippen molar-refractivity contribution >= 4 is 15.9 Å². The van der Waals surface area contributed by atoms with Crippen LogP contribution in [0.5, 0.6) is 11.5 Å². The molecule has 1 aromatic rings. The third kappa shape index (κ3) is 6.24. The van der Waals surface area contributed by atoms with Gasteiger partial charge in [-0.05, 0) is 47.0 Å². The van der Waals surface area contributed by atoms with Crippen molar-refractivity contribution in [1.29, 1.82) is 0 Å². The Hall–Kier alpha value is -0.820. The zero-order valence-electron chi connectivity index (χ0n) is 14.8. The summed E-state index contributed by atoms with van der Waals surface area (Å²) in [6, 6.07) is 4.18. The maximum Gasteiger partial charge on any atom is 0.175 e. The Morgan fingerprint density at radius 2 is 2.00 bits per heavy atom. The molecule has 1 aliphatic heterocycles. The lowest BCUT2D eigenvalue weighted by Crippen LogP contribution is -2.40. The lowest BCUT2D eigenvalue weighted by Gasteiger charge is -2.26. The quantitative estimate of drug-likeness (QED) is 0.611. The Labute approximate surface area is 153 Å². The monoisotopic (exact) mass is 400 g/mol. The third-order valence-electron chi connectivity index (χ3n) is 3.86. The molecule has 1 fully saturated rings. The number of ether oxygens (including phenoxy) is 3. The van der Waals surface area contributed by atoms with Gasteiger partial charge < -0.3 is 19.5 Å². The van der Waals surface area contributed by atoms with Crippen LogP contribution in [0.15, 0.2) is 16.6 Å². The zero-order chi connectivity index (χ0) is 17.2. The molecule has 136 valence electrons. The molecule has 0 radical (unpaired) electrons. The highest BCUT2D eigenvalue weighted by atomic mass is 79.9. The number of benzene rings is 1. The van der Waals surface area contributed by atoms with Crippen LogP contribution in [0, 0.1) is 0 Å². The molecule has 0 aliphatic carbocycles. The molecule has 6 heteroatoms. The van der Waals surface area contributed by atoms with Gasteiger partial charge in [-0.2, -0.15) is 0 Å². The second-order valence-corrected chi connectivity index (χ2v) is 6.67. The summed E-state index contributed by atoms with van der Waals surface area (Å²) in [5.74, 6) is 1.61. The molecule has 1 N–H and O–H groups in total. The van der Waals surface area contributed by atoms with Crippen LogP contribution in [0.3, 0.4) is 0 Å². The molecule has 1 saturated heterocycles. The summed E-state index contributed by atoms with van der Waals surface area (Å²) in [6.45, 7) is 12.0. The second-order valence-electron chi connectivity index (χ2n) is 5.82. The highest BCUT2D eigenvalue weighted by molar-refractivity contribution is 9.10. The van der Waals surface area contributed by atoms with Crippen LogP contribution in [-0.4, -0.2) is 57.5 Å². The summed E-state index contributed by atoms with van der Waals surface area (Å²) < 4.78 is 17.9. The Morgan fingerprint density at radius 3 is 2.71 bits per heavy atom. The van der Waals surface area contributed by atoms with Gasteiger partial charge in [0.15, 0.2) is 11.5 Å². The van der Waals surface area contributed by atoms with Gasteiger partial charge in [0.1, 0.15) is 0 Å². The molecule has 0 aromatic heterocycles. The molecule has 5 nitrogen and oxygen atoms in total. The molecule has 0 bridgehead atoms. The van der Waals surface area contributed by atoms with E-state index in [1.165, 1.54) is 5.56 Å². The van der Waals surface area contributed by atoms with Crippen molar-refractivity contribution in [3.05, 3.63) is 22.2 Å². The zero-order valence-corrected chi connectivity index (χ0v) is 16.4. The highest BCUT2D eigenvalue weighted by Gasteiger charge is 2.13. The summed E-state index contributed by atoms with van der Waals surface area (Å²) >= 11 is 3.61. The first-order valence-electron chi connectivity index (χ1n) is 8.83. The Morgan fingerprint density at radius 1 is 1.21 bits per heavy atom. The van der Waals surface area contributed by atoms with Crippen molar-refractivity contribution in [2.45, 2.75) is 26.8 Å². The molecule has 0 unspecified atom stereocenters. The summed E-state index contributed by atoms with van der Waals surface area (Å²) in [4.78, 5) is 2.43. The van der Waals surface area contributed by atoms with Crippen LogP contribution >= 0.6 is 15.9 Å². The van der Waals surface area contributed by atoms with Gasteiger partial charge in [0.25, 0.3) is 0 Å². The Bertz CT molecular complexity index is 493. The van der Waals surface area contributed by atoms with Gasteiger partial charge in [0.2, 0.25) is 0 Å². The number of nitrogens with zero attached hydrogens (tertiary/aromatic N) is 1. The molecular formula is C18H29BrN2O3. The highest BCUT2D eigenvalue weighted by Crippen LogP contribution is 2.37. The number of rotatable bonds is 10. The first-order chi connectivity index (χ1) is 11.7. The second kappa shape index (κ2) is 10.9. The van der Waals surface area contributed by atoms with Gasteiger partial charge in [-0.1, -0.05) is 6.92 Å². The summed E-state index contributed by atoms with van der Waals surface area (Å²) in [7, 11) is 0. The predicted octanol–water partition coefficient (Wildman–Crippen LogP) is 3.06. The van der Waals surface area contributed by atoms with E-state index in [0.29, 0.717) is 13.2 Å². The molecule has 1 heterocycles. The van der Waals surface area contributed by atoms with Gasteiger partial charge in [-0.25, -0.2) is 0 Å². The average molecular weight is 401 g/mol. The fourth-order valence-electron chi connectivity index (χ4n) is 2.63. The lowest BCUT2D eigenvalue weighted by molar-refractivity contribution is 0.0384. The van der Waals surface area contributed by atoms with E-state index in [-0.39, 0.29) is 0 Å². The minimum atomic E-state index is 0.628. The minimum absolute atomic E-state index is 0.628. The van der Waals surface area contributed by atoms with E-state index in [1.807, 2.05) is 6.92 Å². The van der Waals surface area contributed by atoms with Crippen molar-refractivity contribution in [3.63, 3.8) is 0 Å². The van der Waals surface area contributed by atoms with Gasteiger partial charge in [0.05, 0.1) is 30.9 Å². The lowest BCUT2D eigenvalue weighted by atomic mass is 10.2. The number of hydrogen-bond donors (Lipinski definition) is 1. The summed E-state index contributed by atoms with van der Waals surface area (Å²) in [5.41, 5.74) is 1.19. The first kappa shape index (κ1) is 19.5. The van der Waals surface area contributed by atoms with Gasteiger partial charge >= 0.3 is 0 Å². The molecular weight excluding hydrogens is 372 g/mol. The van der Waals surface area contributed by atoms with E-state index in [2.05, 4.69) is 45.2 Å². The van der Waals surface area contributed by atoms with Crippen molar-refractivity contribution < 1.29 is 14.2 Å². The Balaban J connectivity index is 1.87. The molecule has 0 atom stereocenters. The fraction of sp³-hybridized carbons (Fsp3) is 0.667. The van der Waals surface area contributed by atoms with Crippen LogP contribution in [0.25, 0.3) is 0 Å². The van der Waals surface area contributed by atoms with Crippen molar-refractivity contribution in [2.24, 2.45) is 0 Å². The largest absolute Gasteiger partial charge is 0.490 e. The maximum absolute atomic E-state index is 5.82. The third-order valence-corrected chi connectivity index (χ3v) is 4.45. The van der Waals surface area contributed by atoms with Gasteiger partial charge in [-0.15, -0.1) is 0 Å². The van der Waals surface area contributed by atoms with Crippen molar-refractivity contribution in [3.8, 4) is 11.5 Å². The van der Waals surface area contributed by atoms with E-state index >= 15 is 0 Å². The van der Waals surface area contributed by atoms with E-state index < -0.39 is 0 Å². The van der Waals surface area contributed by atoms with E-state index in [0.717, 1.165) is 68.3 Å². The smallest absolute Gasteiger partial charge is 0.175 e. The maximum atomic E-state index is 5.82. The molecule has 0 spiro atoms. The van der Waals surface area contributed by atoms with E-state index in [9.17, 15) is 0 Å². The summed E-state index contributed by atoms with van der Waals surface area (Å²) in [6.07, 6.45) is 0.975. The van der Waals surface area contributed by atoms with Crippen molar-refractivity contribution in [1.82, 2.24) is 10.2 Å². The summed E-state index contributed by atoms with van der Waals surface area (Å²) in [5, 5.41) is 3.51. The number of morpholine rings is 1. The van der Waals surface area contributed by atoms with E-state index in [1.54, 1.807) is 0 Å². The first-order valence-corrected chi connectivity index (χ1v) is 9.62. The van der Waals surface area contributed by atoms with Crippen LogP contribution in [-0.2, 0) is 11.3 Å². The predicted molar refractivity (Wildman–Crippen MR) is 100 cm³/mol. The molecule has 1 aliphatic rings. The van der Waals surface area contributed by atoms with E-state index in [4.69, 9.17) is 14.2 Å². The molecule has 0 saturated carbocycles. The van der Waals surface area contributed by atoms with Gasteiger partial charge in [-0.3, -0.25) is 4.90 Å². The molecule has 2 rings (SSSR count). The fourth-order valence-corrected chi connectivity index (χ4v) is 3.23. The molecule has 0 amide bonds. The standard InChI is InChI=1S/C18H29BrN2O3/c1-3-9-24-18-16(19)12-15(13-17(18)23-4-2)14-20-5-6-21-7-10-22-11-8-21/h12-13,20H,3-11,14H2,1-2H3. The average Bonchev–Trinajstić information content (AvgIpc) is 2.59. The normalized spacial score (nSPS) is 15.5. The van der Waals surface area contributed by atoms with Gasteiger partial charge in [0, 0.05) is 32.7 Å². The van der Waals surface area contributed by atoms with Crippen LogP contribution in [0.4, 0.5) is 0 Å². The van der Waals surface area contributed by atoms with Crippen LogP contribution in [0.2, 0.25) is 0 Å². The minimum Gasteiger partial charge on any atom is -0.490 e. The number of hydrogen-bond acceptors (Lipinski definition) is 5. The Kier molecular flexibility index (Phi) is 8.88. The van der Waals surface area contributed by atoms with Crippen LogP contribution < -0.4 is 14.8 Å². The van der Waals surface area contributed by atoms with Crippen LogP contribution in [0.1, 0.15) is 25.8 Å². The number of nitrogens with one attached hydrogen (secondary N) is 1.